The molecule has 2 unspecified atom stereocenters. The average Bonchev–Trinajstić information content (AvgIpc) is 2.45. The minimum Gasteiger partial charge on any atom is -0.480 e. The molecule has 1 fully saturated rings. The molecular weight excluding hydrogens is 282 g/mol. The molecule has 0 aliphatic carbocycles. The third-order valence-corrected chi connectivity index (χ3v) is 5.80. The van der Waals surface area contributed by atoms with E-state index in [2.05, 4.69) is 9.97 Å². The van der Waals surface area contributed by atoms with Crippen molar-refractivity contribution < 1.29 is 17.9 Å². The second-order valence-corrected chi connectivity index (χ2v) is 7.07. The van der Waals surface area contributed by atoms with E-state index in [9.17, 15) is 8.42 Å². The minimum atomic E-state index is -3.19. The minimum absolute atomic E-state index is 0.178. The lowest BCUT2D eigenvalue weighted by molar-refractivity contribution is 0.351. The number of aromatic nitrogens is 2. The van der Waals surface area contributed by atoms with Gasteiger partial charge in [0.2, 0.25) is 11.8 Å². The Morgan fingerprint density at radius 2 is 2.10 bits per heavy atom. The summed E-state index contributed by atoms with van der Waals surface area (Å²) in [4.78, 5) is 8.25. The summed E-state index contributed by atoms with van der Waals surface area (Å²) in [6.45, 7) is 0. The molecule has 112 valence electrons. The summed E-state index contributed by atoms with van der Waals surface area (Å²) in [5, 5.41) is -0.632. The number of nitrogens with zero attached hydrogens (tertiary/aromatic N) is 2. The van der Waals surface area contributed by atoms with Gasteiger partial charge in [0.1, 0.15) is 5.69 Å². The molecule has 1 saturated heterocycles. The van der Waals surface area contributed by atoms with Crippen LogP contribution in [0.5, 0.6) is 11.8 Å². The van der Waals surface area contributed by atoms with Gasteiger partial charge in [0, 0.05) is 0 Å². The van der Waals surface area contributed by atoms with E-state index < -0.39 is 21.1 Å². The van der Waals surface area contributed by atoms with Crippen LogP contribution in [0.1, 0.15) is 31.0 Å². The summed E-state index contributed by atoms with van der Waals surface area (Å²) in [6.07, 6.45) is 3.49. The van der Waals surface area contributed by atoms with Gasteiger partial charge in [0.25, 0.3) is 0 Å². The smallest absolute Gasteiger partial charge is 0.240 e. The first-order valence-electron chi connectivity index (χ1n) is 6.41. The van der Waals surface area contributed by atoms with Crippen molar-refractivity contribution >= 4 is 9.84 Å². The molecular formula is C12H19N3O4S. The fourth-order valence-electron chi connectivity index (χ4n) is 2.40. The van der Waals surface area contributed by atoms with Crippen LogP contribution in [0, 0.1) is 0 Å². The van der Waals surface area contributed by atoms with Crippen LogP contribution >= 0.6 is 0 Å². The molecule has 2 N–H and O–H groups in total. The van der Waals surface area contributed by atoms with Crippen LogP contribution in [-0.2, 0) is 9.84 Å². The van der Waals surface area contributed by atoms with Crippen LogP contribution in [0.4, 0.5) is 0 Å². The third kappa shape index (κ3) is 2.85. The van der Waals surface area contributed by atoms with Crippen LogP contribution in [0.25, 0.3) is 0 Å². The Morgan fingerprint density at radius 3 is 2.70 bits per heavy atom. The topological polar surface area (TPSA) is 104 Å². The van der Waals surface area contributed by atoms with E-state index in [1.54, 1.807) is 0 Å². The standard InChI is InChI=1S/C12H19N3O4S/c1-18-9-7-14-11(12(15-9)19-2)10(13)8-5-3-4-6-20(8,16)17/h7-8,10H,3-6,13H2,1-2H3. The van der Waals surface area contributed by atoms with Gasteiger partial charge in [-0.15, -0.1) is 0 Å². The van der Waals surface area contributed by atoms with E-state index in [1.165, 1.54) is 20.4 Å². The normalized spacial score (nSPS) is 23.1. The first-order valence-corrected chi connectivity index (χ1v) is 8.13. The number of methoxy groups -OCH3 is 2. The van der Waals surface area contributed by atoms with Gasteiger partial charge in [-0.25, -0.2) is 13.4 Å². The summed E-state index contributed by atoms with van der Waals surface area (Å²) in [5.41, 5.74) is 6.46. The summed E-state index contributed by atoms with van der Waals surface area (Å²) in [7, 11) is -0.285. The summed E-state index contributed by atoms with van der Waals surface area (Å²) < 4.78 is 34.4. The molecule has 7 nitrogen and oxygen atoms in total. The maximum atomic E-state index is 12.1. The van der Waals surface area contributed by atoms with Gasteiger partial charge in [-0.2, -0.15) is 4.98 Å². The molecule has 1 aliphatic heterocycles. The molecule has 0 bridgehead atoms. The predicted molar refractivity (Wildman–Crippen MR) is 73.5 cm³/mol. The van der Waals surface area contributed by atoms with Crippen LogP contribution in [0.2, 0.25) is 0 Å². The second kappa shape index (κ2) is 5.92. The summed E-state index contributed by atoms with van der Waals surface area (Å²) >= 11 is 0. The van der Waals surface area contributed by atoms with E-state index in [0.29, 0.717) is 24.4 Å². The van der Waals surface area contributed by atoms with Crippen molar-refractivity contribution in [1.29, 1.82) is 0 Å². The molecule has 1 aliphatic rings. The zero-order valence-corrected chi connectivity index (χ0v) is 12.4. The van der Waals surface area contributed by atoms with Crippen LogP contribution in [0.15, 0.2) is 6.20 Å². The fourth-order valence-corrected chi connectivity index (χ4v) is 4.41. The molecule has 0 aromatic carbocycles. The van der Waals surface area contributed by atoms with Crippen molar-refractivity contribution in [2.24, 2.45) is 5.73 Å². The quantitative estimate of drug-likeness (QED) is 0.861. The summed E-state index contributed by atoms with van der Waals surface area (Å²) in [6, 6.07) is -0.742. The zero-order valence-electron chi connectivity index (χ0n) is 11.6. The molecule has 20 heavy (non-hydrogen) atoms. The molecule has 0 radical (unpaired) electrons. The predicted octanol–water partition coefficient (Wildman–Crippen LogP) is 0.461. The van der Waals surface area contributed by atoms with E-state index in [4.69, 9.17) is 15.2 Å². The van der Waals surface area contributed by atoms with E-state index >= 15 is 0 Å². The molecule has 2 rings (SSSR count). The van der Waals surface area contributed by atoms with E-state index in [1.807, 2.05) is 0 Å². The number of sulfone groups is 1. The van der Waals surface area contributed by atoms with Crippen molar-refractivity contribution in [2.75, 3.05) is 20.0 Å². The fraction of sp³-hybridized carbons (Fsp3) is 0.667. The van der Waals surface area contributed by atoms with Crippen LogP contribution in [0.3, 0.4) is 0 Å². The van der Waals surface area contributed by atoms with Gasteiger partial charge in [-0.1, -0.05) is 6.42 Å². The van der Waals surface area contributed by atoms with Crippen LogP contribution < -0.4 is 15.2 Å². The maximum absolute atomic E-state index is 12.1. The monoisotopic (exact) mass is 301 g/mol. The van der Waals surface area contributed by atoms with Crippen molar-refractivity contribution in [3.63, 3.8) is 0 Å². The number of rotatable bonds is 4. The zero-order chi connectivity index (χ0) is 14.8. The SMILES string of the molecule is COc1cnc(C(N)C2CCCCS2(=O)=O)c(OC)n1. The lowest BCUT2D eigenvalue weighted by Crippen LogP contribution is -2.38. The Kier molecular flexibility index (Phi) is 4.44. The Bertz CT molecular complexity index is 576. The van der Waals surface area contributed by atoms with Gasteiger partial charge in [-0.3, -0.25) is 0 Å². The molecule has 0 spiro atoms. The van der Waals surface area contributed by atoms with Gasteiger partial charge < -0.3 is 15.2 Å². The van der Waals surface area contributed by atoms with Crippen LogP contribution in [-0.4, -0.2) is 43.6 Å². The second-order valence-electron chi connectivity index (χ2n) is 4.73. The van der Waals surface area contributed by atoms with Gasteiger partial charge in [0.15, 0.2) is 9.84 Å². The summed E-state index contributed by atoms with van der Waals surface area (Å²) in [5.74, 6) is 0.680. The van der Waals surface area contributed by atoms with Crippen molar-refractivity contribution in [3.8, 4) is 11.8 Å². The average molecular weight is 301 g/mol. The number of nitrogens with two attached hydrogens (primary N) is 1. The molecule has 0 amide bonds. The van der Waals surface area contributed by atoms with E-state index in [-0.39, 0.29) is 11.6 Å². The first-order chi connectivity index (χ1) is 9.49. The first kappa shape index (κ1) is 15.0. The van der Waals surface area contributed by atoms with Gasteiger partial charge in [0.05, 0.1) is 37.5 Å². The third-order valence-electron chi connectivity index (χ3n) is 3.49. The Hall–Kier alpha value is -1.41. The van der Waals surface area contributed by atoms with Crippen molar-refractivity contribution in [2.45, 2.75) is 30.6 Å². The molecule has 1 aromatic heterocycles. The van der Waals surface area contributed by atoms with Crippen molar-refractivity contribution in [1.82, 2.24) is 9.97 Å². The number of hydrogen-bond acceptors (Lipinski definition) is 7. The van der Waals surface area contributed by atoms with E-state index in [0.717, 1.165) is 6.42 Å². The Balaban J connectivity index is 2.35. The molecule has 1 aromatic rings. The lowest BCUT2D eigenvalue weighted by Gasteiger charge is -2.27. The highest BCUT2D eigenvalue weighted by molar-refractivity contribution is 7.92. The highest BCUT2D eigenvalue weighted by atomic mass is 32.2. The number of ether oxygens (including phenoxy) is 2. The van der Waals surface area contributed by atoms with Gasteiger partial charge >= 0.3 is 0 Å². The molecule has 0 saturated carbocycles. The highest BCUT2D eigenvalue weighted by Gasteiger charge is 2.36. The van der Waals surface area contributed by atoms with Gasteiger partial charge in [-0.05, 0) is 12.8 Å². The molecule has 2 atom stereocenters. The Morgan fingerprint density at radius 1 is 1.35 bits per heavy atom. The molecule has 8 heteroatoms. The maximum Gasteiger partial charge on any atom is 0.240 e. The van der Waals surface area contributed by atoms with Crippen molar-refractivity contribution in [3.05, 3.63) is 11.9 Å². The molecule has 2 heterocycles. The lowest BCUT2D eigenvalue weighted by atomic mass is 10.1. The number of hydrogen-bond donors (Lipinski definition) is 1. The Labute approximate surface area is 118 Å². The largest absolute Gasteiger partial charge is 0.480 e. The highest BCUT2D eigenvalue weighted by Crippen LogP contribution is 2.32.